The molecule has 0 unspecified atom stereocenters. The number of ether oxygens (including phenoxy) is 1. The highest BCUT2D eigenvalue weighted by Crippen LogP contribution is 2.32. The van der Waals surface area contributed by atoms with Crippen LogP contribution < -0.4 is 4.74 Å². The summed E-state index contributed by atoms with van der Waals surface area (Å²) in [6.45, 7) is -0.398. The minimum absolute atomic E-state index is 0.149. The fourth-order valence-electron chi connectivity index (χ4n) is 2.03. The Morgan fingerprint density at radius 2 is 1.52 bits per heavy atom. The summed E-state index contributed by atoms with van der Waals surface area (Å²) in [5, 5.41) is 35.0. The van der Waals surface area contributed by atoms with Crippen LogP contribution in [-0.2, 0) is 16.2 Å². The van der Waals surface area contributed by atoms with Crippen molar-refractivity contribution < 1.29 is 39.5 Å². The number of carbonyl (C=O) groups excluding carboxylic acids is 1. The topological polar surface area (TPSA) is 141 Å². The van der Waals surface area contributed by atoms with Gasteiger partial charge in [0, 0.05) is 17.7 Å². The molecule has 0 radical (unpaired) electrons. The van der Waals surface area contributed by atoms with Crippen LogP contribution in [0, 0.1) is 0 Å². The van der Waals surface area contributed by atoms with Gasteiger partial charge < -0.3 is 25.2 Å². The molecule has 142 valence electrons. The molecular weight excluding hydrogens is 356 g/mol. The van der Waals surface area contributed by atoms with E-state index in [9.17, 15) is 24.6 Å². The van der Waals surface area contributed by atoms with E-state index in [4.69, 9.17) is 14.9 Å². The first kappa shape index (κ1) is 21.4. The number of aliphatic carboxylic acids is 2. The van der Waals surface area contributed by atoms with Gasteiger partial charge in [0.25, 0.3) is 0 Å². The molecule has 4 N–H and O–H groups in total. The molecule has 2 aromatic carbocycles. The van der Waals surface area contributed by atoms with Gasteiger partial charge in [-0.15, -0.1) is 0 Å². The lowest BCUT2D eigenvalue weighted by atomic mass is 9.99. The van der Waals surface area contributed by atoms with Gasteiger partial charge in [-0.05, 0) is 12.1 Å². The fourth-order valence-corrected chi connectivity index (χ4v) is 2.03. The third-order valence-corrected chi connectivity index (χ3v) is 3.27. The normalized spacial score (nSPS) is 10.0. The lowest BCUT2D eigenvalue weighted by Crippen LogP contribution is -2.04. The van der Waals surface area contributed by atoms with E-state index in [2.05, 4.69) is 0 Å². The van der Waals surface area contributed by atoms with Crippen molar-refractivity contribution in [2.24, 2.45) is 0 Å². The van der Waals surface area contributed by atoms with Gasteiger partial charge in [0.2, 0.25) is 0 Å². The first-order valence-electron chi connectivity index (χ1n) is 7.55. The van der Waals surface area contributed by atoms with E-state index in [1.807, 2.05) is 6.07 Å². The summed E-state index contributed by atoms with van der Waals surface area (Å²) in [5.41, 5.74) is 0.840. The second kappa shape index (κ2) is 10.4. The first-order chi connectivity index (χ1) is 12.8. The molecule has 0 atom stereocenters. The van der Waals surface area contributed by atoms with Gasteiger partial charge in [0.05, 0.1) is 24.8 Å². The van der Waals surface area contributed by atoms with Gasteiger partial charge in [-0.25, -0.2) is 9.59 Å². The Balaban J connectivity index is 0.000000387. The Morgan fingerprint density at radius 1 is 0.963 bits per heavy atom. The first-order valence-corrected chi connectivity index (χ1v) is 7.55. The van der Waals surface area contributed by atoms with Crippen LogP contribution in [0.15, 0.2) is 54.6 Å². The van der Waals surface area contributed by atoms with Gasteiger partial charge in [0.1, 0.15) is 11.5 Å². The molecule has 0 fully saturated rings. The fraction of sp³-hybridized carbons (Fsp3) is 0.105. The molecular formula is C19H18O8. The Bertz CT molecular complexity index is 824. The average molecular weight is 374 g/mol. The van der Waals surface area contributed by atoms with Gasteiger partial charge in [-0.2, -0.15) is 0 Å². The number of ketones is 1. The van der Waals surface area contributed by atoms with Crippen molar-refractivity contribution in [3.05, 3.63) is 71.3 Å². The van der Waals surface area contributed by atoms with E-state index in [-0.39, 0.29) is 22.7 Å². The summed E-state index contributed by atoms with van der Waals surface area (Å²) in [7, 11) is 1.44. The van der Waals surface area contributed by atoms with Crippen LogP contribution in [0.5, 0.6) is 11.5 Å². The van der Waals surface area contributed by atoms with E-state index in [0.717, 1.165) is 0 Å². The van der Waals surface area contributed by atoms with Crippen LogP contribution in [-0.4, -0.2) is 45.3 Å². The molecule has 2 rings (SSSR count). The third-order valence-electron chi connectivity index (χ3n) is 3.27. The number of carboxylic acid groups (broad SMARTS) is 2. The zero-order chi connectivity index (χ0) is 20.4. The number of carbonyl (C=O) groups is 3. The number of phenols is 1. The lowest BCUT2D eigenvalue weighted by Gasteiger charge is -2.11. The van der Waals surface area contributed by atoms with Gasteiger partial charge >= 0.3 is 11.9 Å². The molecule has 0 saturated heterocycles. The zero-order valence-electron chi connectivity index (χ0n) is 14.3. The summed E-state index contributed by atoms with van der Waals surface area (Å²) >= 11 is 0. The summed E-state index contributed by atoms with van der Waals surface area (Å²) in [6.07, 6.45) is 1.12. The van der Waals surface area contributed by atoms with E-state index in [0.29, 0.717) is 23.5 Å². The van der Waals surface area contributed by atoms with Crippen molar-refractivity contribution in [1.29, 1.82) is 0 Å². The van der Waals surface area contributed by atoms with Crippen molar-refractivity contribution in [2.75, 3.05) is 7.11 Å². The van der Waals surface area contributed by atoms with Crippen LogP contribution >= 0.6 is 0 Å². The van der Waals surface area contributed by atoms with Crippen LogP contribution in [0.3, 0.4) is 0 Å². The average Bonchev–Trinajstić information content (AvgIpc) is 2.66. The standard InChI is InChI=1S/C15H14O4.C4H4O4/c1-19-13-8-7-11(15(18)12(13)9-16)14(17)10-5-3-2-4-6-10;5-3(6)1-2-4(7)8/h2-8,16,18H,9H2,1H3;1-2H,(H,5,6)(H,7,8). The smallest absolute Gasteiger partial charge is 0.328 e. The molecule has 27 heavy (non-hydrogen) atoms. The highest BCUT2D eigenvalue weighted by molar-refractivity contribution is 6.11. The third kappa shape index (κ3) is 6.29. The van der Waals surface area contributed by atoms with Crippen molar-refractivity contribution in [3.8, 4) is 11.5 Å². The van der Waals surface area contributed by atoms with Crippen molar-refractivity contribution in [2.45, 2.75) is 6.61 Å². The summed E-state index contributed by atoms with van der Waals surface area (Å²) in [5.74, 6) is -2.70. The number of methoxy groups -OCH3 is 1. The Kier molecular flexibility index (Phi) is 8.21. The summed E-state index contributed by atoms with van der Waals surface area (Å²) < 4.78 is 5.03. The Hall–Kier alpha value is -3.65. The molecule has 0 bridgehead atoms. The molecule has 0 heterocycles. The minimum Gasteiger partial charge on any atom is -0.507 e. The molecule has 0 aliphatic heterocycles. The van der Waals surface area contributed by atoms with Gasteiger partial charge in [0.15, 0.2) is 5.78 Å². The molecule has 0 saturated carbocycles. The number of hydrogen-bond acceptors (Lipinski definition) is 6. The molecule has 0 spiro atoms. The van der Waals surface area contributed by atoms with Crippen LogP contribution in [0.2, 0.25) is 0 Å². The van der Waals surface area contributed by atoms with Gasteiger partial charge in [-0.1, -0.05) is 30.3 Å². The number of aliphatic hydroxyl groups excluding tert-OH is 1. The van der Waals surface area contributed by atoms with E-state index >= 15 is 0 Å². The number of aliphatic hydroxyl groups is 1. The SMILES string of the molecule is COc1ccc(C(=O)c2ccccc2)c(O)c1CO.O=C(O)C=CC(=O)O. The quantitative estimate of drug-likeness (QED) is 0.443. The number of benzene rings is 2. The van der Waals surface area contributed by atoms with Crippen LogP contribution in [0.1, 0.15) is 21.5 Å². The van der Waals surface area contributed by atoms with Crippen molar-refractivity contribution in [1.82, 2.24) is 0 Å². The highest BCUT2D eigenvalue weighted by Gasteiger charge is 2.18. The minimum atomic E-state index is -1.26. The maximum absolute atomic E-state index is 12.3. The van der Waals surface area contributed by atoms with E-state index in [1.165, 1.54) is 13.2 Å². The molecule has 0 aliphatic rings. The number of carboxylic acids is 2. The predicted molar refractivity (Wildman–Crippen MR) is 94.9 cm³/mol. The second-order valence-corrected chi connectivity index (χ2v) is 5.01. The Labute approximate surface area is 154 Å². The monoisotopic (exact) mass is 374 g/mol. The van der Waals surface area contributed by atoms with E-state index < -0.39 is 18.5 Å². The van der Waals surface area contributed by atoms with Crippen molar-refractivity contribution in [3.63, 3.8) is 0 Å². The predicted octanol–water partition coefficient (Wildman–Crippen LogP) is 1.84. The van der Waals surface area contributed by atoms with Crippen LogP contribution in [0.25, 0.3) is 0 Å². The van der Waals surface area contributed by atoms with Gasteiger partial charge in [-0.3, -0.25) is 4.79 Å². The number of hydrogen-bond donors (Lipinski definition) is 4. The summed E-state index contributed by atoms with van der Waals surface area (Å²) in [6, 6.07) is 11.7. The molecule has 0 aliphatic carbocycles. The molecule has 8 heteroatoms. The lowest BCUT2D eigenvalue weighted by molar-refractivity contribution is -0.134. The number of rotatable bonds is 6. The largest absolute Gasteiger partial charge is 0.507 e. The maximum atomic E-state index is 12.3. The molecule has 0 aromatic heterocycles. The van der Waals surface area contributed by atoms with Crippen LogP contribution in [0.4, 0.5) is 0 Å². The molecule has 8 nitrogen and oxygen atoms in total. The Morgan fingerprint density at radius 3 is 1.96 bits per heavy atom. The highest BCUT2D eigenvalue weighted by atomic mass is 16.5. The summed E-state index contributed by atoms with van der Waals surface area (Å²) in [4.78, 5) is 31.4. The van der Waals surface area contributed by atoms with Crippen molar-refractivity contribution >= 4 is 17.7 Å². The zero-order valence-corrected chi connectivity index (χ0v) is 14.3. The number of aromatic hydroxyl groups is 1. The maximum Gasteiger partial charge on any atom is 0.328 e. The van der Waals surface area contributed by atoms with E-state index in [1.54, 1.807) is 30.3 Å². The second-order valence-electron chi connectivity index (χ2n) is 5.01. The molecule has 2 aromatic rings. The molecule has 0 amide bonds.